The molecule has 1 aromatic heterocycles. The third-order valence-electron chi connectivity index (χ3n) is 2.30. The van der Waals surface area contributed by atoms with Crippen LogP contribution in [0.15, 0.2) is 0 Å². The summed E-state index contributed by atoms with van der Waals surface area (Å²) >= 11 is 6.53. The van der Waals surface area contributed by atoms with Gasteiger partial charge in [-0.25, -0.2) is 0 Å². The molecule has 0 bridgehead atoms. The number of nitrogens with zero attached hydrogens (tertiary/aromatic N) is 1. The van der Waals surface area contributed by atoms with Crippen LogP contribution < -0.4 is 16.0 Å². The van der Waals surface area contributed by atoms with Crippen LogP contribution in [0.3, 0.4) is 0 Å². The first-order valence-electron chi connectivity index (χ1n) is 5.23. The van der Waals surface area contributed by atoms with E-state index >= 15 is 0 Å². The molecule has 6 heteroatoms. The molecule has 4 nitrogen and oxygen atoms in total. The monoisotopic (exact) mass is 258 g/mol. The Labute approximate surface area is 106 Å². The lowest BCUT2D eigenvalue weighted by Gasteiger charge is -2.08. The van der Waals surface area contributed by atoms with E-state index < -0.39 is 0 Å². The molecular formula is C10H18N4S2. The van der Waals surface area contributed by atoms with Crippen molar-refractivity contribution in [1.29, 1.82) is 0 Å². The van der Waals surface area contributed by atoms with Crippen molar-refractivity contribution in [1.82, 2.24) is 20.3 Å². The van der Waals surface area contributed by atoms with Crippen molar-refractivity contribution >= 4 is 28.9 Å². The van der Waals surface area contributed by atoms with Gasteiger partial charge in [0.05, 0.1) is 5.69 Å². The Bertz CT molecular complexity index is 329. The largest absolute Gasteiger partial charge is 0.366 e. The van der Waals surface area contributed by atoms with Crippen molar-refractivity contribution in [2.45, 2.75) is 20.4 Å². The maximum Gasteiger partial charge on any atom is 0.166 e. The SMILES string of the molecule is CNC(=S)NCCNCc1c(C)nsc1C. The number of rotatable bonds is 5. The molecule has 0 fully saturated rings. The van der Waals surface area contributed by atoms with Crippen molar-refractivity contribution < 1.29 is 0 Å². The van der Waals surface area contributed by atoms with Gasteiger partial charge in [0.25, 0.3) is 0 Å². The van der Waals surface area contributed by atoms with E-state index in [0.717, 1.165) is 25.3 Å². The van der Waals surface area contributed by atoms with Crippen LogP contribution in [0.1, 0.15) is 16.1 Å². The van der Waals surface area contributed by atoms with Crippen LogP contribution in [-0.2, 0) is 6.54 Å². The van der Waals surface area contributed by atoms with Gasteiger partial charge in [0.2, 0.25) is 0 Å². The van der Waals surface area contributed by atoms with Crippen molar-refractivity contribution in [3.63, 3.8) is 0 Å². The molecule has 0 atom stereocenters. The molecule has 0 amide bonds. The Morgan fingerprint density at radius 2 is 2.12 bits per heavy atom. The fourth-order valence-corrected chi connectivity index (χ4v) is 2.14. The molecule has 1 aromatic rings. The lowest BCUT2D eigenvalue weighted by molar-refractivity contribution is 0.667. The second-order valence-electron chi connectivity index (χ2n) is 3.49. The summed E-state index contributed by atoms with van der Waals surface area (Å²) < 4.78 is 4.31. The number of hydrogen-bond acceptors (Lipinski definition) is 4. The van der Waals surface area contributed by atoms with E-state index in [2.05, 4.69) is 34.2 Å². The van der Waals surface area contributed by atoms with Gasteiger partial charge in [-0.2, -0.15) is 4.37 Å². The zero-order valence-electron chi connectivity index (χ0n) is 9.89. The van der Waals surface area contributed by atoms with Gasteiger partial charge in [-0.15, -0.1) is 0 Å². The highest BCUT2D eigenvalue weighted by molar-refractivity contribution is 7.80. The number of aryl methyl sites for hydroxylation is 2. The van der Waals surface area contributed by atoms with Gasteiger partial charge in [0.1, 0.15) is 0 Å². The van der Waals surface area contributed by atoms with E-state index in [1.165, 1.54) is 10.4 Å². The standard InChI is InChI=1S/C10H18N4S2/c1-7-9(8(2)16-14-7)6-12-4-5-13-10(15)11-3/h12H,4-6H2,1-3H3,(H2,11,13,15). The highest BCUT2D eigenvalue weighted by Crippen LogP contribution is 2.16. The molecule has 0 radical (unpaired) electrons. The Morgan fingerprint density at radius 1 is 1.38 bits per heavy atom. The summed E-state index contributed by atoms with van der Waals surface area (Å²) in [5, 5.41) is 10.0. The van der Waals surface area contributed by atoms with Gasteiger partial charge in [0.15, 0.2) is 5.11 Å². The molecule has 0 spiro atoms. The van der Waals surface area contributed by atoms with E-state index in [1.807, 2.05) is 7.05 Å². The molecule has 0 aliphatic rings. The number of aromatic nitrogens is 1. The van der Waals surface area contributed by atoms with E-state index in [4.69, 9.17) is 12.2 Å². The van der Waals surface area contributed by atoms with Crippen LogP contribution in [0, 0.1) is 13.8 Å². The molecule has 3 N–H and O–H groups in total. The van der Waals surface area contributed by atoms with Gasteiger partial charge in [-0.05, 0) is 37.6 Å². The molecule has 90 valence electrons. The highest BCUT2D eigenvalue weighted by atomic mass is 32.1. The van der Waals surface area contributed by atoms with Crippen molar-refractivity contribution in [2.24, 2.45) is 0 Å². The number of nitrogens with one attached hydrogen (secondary N) is 3. The molecular weight excluding hydrogens is 240 g/mol. The quantitative estimate of drug-likeness (QED) is 0.542. The summed E-state index contributed by atoms with van der Waals surface area (Å²) in [6, 6.07) is 0. The second-order valence-corrected chi connectivity index (χ2v) is 4.87. The van der Waals surface area contributed by atoms with Crippen LogP contribution >= 0.6 is 23.8 Å². The van der Waals surface area contributed by atoms with Crippen LogP contribution in [0.4, 0.5) is 0 Å². The lowest BCUT2D eigenvalue weighted by atomic mass is 10.2. The summed E-state index contributed by atoms with van der Waals surface area (Å²) in [4.78, 5) is 1.30. The normalized spacial score (nSPS) is 10.2. The average molecular weight is 258 g/mol. The zero-order valence-corrected chi connectivity index (χ0v) is 11.5. The van der Waals surface area contributed by atoms with Crippen LogP contribution in [0.2, 0.25) is 0 Å². The smallest absolute Gasteiger partial charge is 0.166 e. The summed E-state index contributed by atoms with van der Waals surface area (Å²) in [7, 11) is 1.81. The summed E-state index contributed by atoms with van der Waals surface area (Å²) in [6.45, 7) is 6.75. The topological polar surface area (TPSA) is 49.0 Å². The van der Waals surface area contributed by atoms with Crippen LogP contribution in [0.25, 0.3) is 0 Å². The van der Waals surface area contributed by atoms with Gasteiger partial charge in [0, 0.05) is 37.1 Å². The van der Waals surface area contributed by atoms with Crippen molar-refractivity contribution in [3.05, 3.63) is 16.1 Å². The van der Waals surface area contributed by atoms with Crippen LogP contribution in [-0.4, -0.2) is 29.6 Å². The predicted octanol–water partition coefficient (Wildman–Crippen LogP) is 0.943. The lowest BCUT2D eigenvalue weighted by Crippen LogP contribution is -2.37. The van der Waals surface area contributed by atoms with E-state index in [0.29, 0.717) is 5.11 Å². The Kier molecular flexibility index (Phi) is 5.65. The summed E-state index contributed by atoms with van der Waals surface area (Å²) in [6.07, 6.45) is 0. The molecule has 16 heavy (non-hydrogen) atoms. The number of hydrogen-bond donors (Lipinski definition) is 3. The fraction of sp³-hybridized carbons (Fsp3) is 0.600. The third-order valence-corrected chi connectivity index (χ3v) is 3.53. The van der Waals surface area contributed by atoms with E-state index in [9.17, 15) is 0 Å². The molecule has 1 rings (SSSR count). The van der Waals surface area contributed by atoms with Crippen molar-refractivity contribution in [2.75, 3.05) is 20.1 Å². The minimum atomic E-state index is 0.686. The minimum Gasteiger partial charge on any atom is -0.366 e. The van der Waals surface area contributed by atoms with E-state index in [-0.39, 0.29) is 0 Å². The molecule has 1 heterocycles. The maximum atomic E-state index is 4.97. The molecule has 0 unspecified atom stereocenters. The molecule has 0 saturated carbocycles. The summed E-state index contributed by atoms with van der Waals surface area (Å²) in [5.74, 6) is 0. The van der Waals surface area contributed by atoms with Gasteiger partial charge >= 0.3 is 0 Å². The Hall–Kier alpha value is -0.720. The number of thiocarbonyl (C=S) groups is 1. The zero-order chi connectivity index (χ0) is 12.0. The maximum absolute atomic E-state index is 4.97. The first kappa shape index (κ1) is 13.3. The fourth-order valence-electron chi connectivity index (χ4n) is 1.32. The van der Waals surface area contributed by atoms with Crippen molar-refractivity contribution in [3.8, 4) is 0 Å². The first-order chi connectivity index (χ1) is 7.65. The predicted molar refractivity (Wildman–Crippen MR) is 73.0 cm³/mol. The first-order valence-corrected chi connectivity index (χ1v) is 6.41. The Balaban J connectivity index is 2.19. The molecule has 0 aliphatic carbocycles. The van der Waals surface area contributed by atoms with Gasteiger partial charge in [-0.3, -0.25) is 0 Å². The second kappa shape index (κ2) is 6.78. The van der Waals surface area contributed by atoms with E-state index in [1.54, 1.807) is 11.5 Å². The van der Waals surface area contributed by atoms with Gasteiger partial charge in [-0.1, -0.05) is 0 Å². The third kappa shape index (κ3) is 4.03. The average Bonchev–Trinajstić information content (AvgIpc) is 2.59. The molecule has 0 aliphatic heterocycles. The Morgan fingerprint density at radius 3 is 2.69 bits per heavy atom. The van der Waals surface area contributed by atoms with Gasteiger partial charge < -0.3 is 16.0 Å². The minimum absolute atomic E-state index is 0.686. The molecule has 0 saturated heterocycles. The highest BCUT2D eigenvalue weighted by Gasteiger charge is 2.05. The molecule has 0 aromatic carbocycles. The van der Waals surface area contributed by atoms with Crippen LogP contribution in [0.5, 0.6) is 0 Å². The summed E-state index contributed by atoms with van der Waals surface area (Å²) in [5.41, 5.74) is 2.45.